The van der Waals surface area contributed by atoms with Crippen LogP contribution in [0, 0.1) is 20.8 Å². The summed E-state index contributed by atoms with van der Waals surface area (Å²) in [7, 11) is 6.30. The number of rotatable bonds is 2. The molecule has 0 aromatic carbocycles. The van der Waals surface area contributed by atoms with Gasteiger partial charge in [-0.1, -0.05) is 13.8 Å². The second-order valence-electron chi connectivity index (χ2n) is 9.33. The molecule has 31 heavy (non-hydrogen) atoms. The Balaban J connectivity index is 2.16. The van der Waals surface area contributed by atoms with E-state index >= 15 is 0 Å². The first-order chi connectivity index (χ1) is 14.4. The molecule has 0 fully saturated rings. The smallest absolute Gasteiger partial charge is 0.420 e. The Morgan fingerprint density at radius 2 is 1.84 bits per heavy atom. The van der Waals surface area contributed by atoms with E-state index in [-0.39, 0.29) is 5.92 Å². The first-order valence-electron chi connectivity index (χ1n) is 10.4. The average Bonchev–Trinajstić information content (AvgIpc) is 3.31. The molecule has 2 radical (unpaired) electrons. The highest BCUT2D eigenvalue weighted by Crippen LogP contribution is 2.43. The number of aromatic nitrogens is 4. The minimum Gasteiger partial charge on any atom is -0.443 e. The molecular weight excluding hydrogens is 407 g/mol. The predicted molar refractivity (Wildman–Crippen MR) is 127 cm³/mol. The van der Waals surface area contributed by atoms with E-state index in [0.29, 0.717) is 0 Å². The van der Waals surface area contributed by atoms with Crippen LogP contribution < -0.4 is 4.78 Å². The SMILES string of the molecule is [B]c1sc2c(c1C)c(C(C)C)c(-c1cn3ncnc3c(C)c1C)n2C(=O)OC(C)(C)C. The number of ether oxygens (including phenoxy) is 1. The molecule has 0 saturated carbocycles. The standard InChI is InChI=1S/C23H27BN4O2S/c1-11(2)16-17-14(5)19(24)31-21(17)28(22(29)30-23(6,7)8)18(16)15-9-27-20(25-10-26-27)13(4)12(15)3/h9-11H,1-8H3. The zero-order valence-electron chi connectivity index (χ0n) is 19.3. The van der Waals surface area contributed by atoms with Crippen LogP contribution in [0.5, 0.6) is 0 Å². The van der Waals surface area contributed by atoms with E-state index in [4.69, 9.17) is 12.6 Å². The highest BCUT2D eigenvalue weighted by Gasteiger charge is 2.31. The Kier molecular flexibility index (Phi) is 5.04. The molecule has 0 amide bonds. The molecular formula is C23H27BN4O2S. The topological polar surface area (TPSA) is 61.4 Å². The fraction of sp³-hybridized carbons (Fsp3) is 0.435. The van der Waals surface area contributed by atoms with E-state index in [1.807, 2.05) is 40.8 Å². The van der Waals surface area contributed by atoms with Crippen LogP contribution >= 0.6 is 11.3 Å². The van der Waals surface area contributed by atoms with Gasteiger partial charge in [0.1, 0.15) is 24.6 Å². The van der Waals surface area contributed by atoms with Gasteiger partial charge in [0.25, 0.3) is 0 Å². The molecule has 160 valence electrons. The lowest BCUT2D eigenvalue weighted by Gasteiger charge is -2.22. The zero-order valence-corrected chi connectivity index (χ0v) is 20.1. The monoisotopic (exact) mass is 434 g/mol. The average molecular weight is 434 g/mol. The van der Waals surface area contributed by atoms with E-state index in [1.54, 1.807) is 15.4 Å². The fourth-order valence-electron chi connectivity index (χ4n) is 4.08. The Labute approximate surface area is 187 Å². The van der Waals surface area contributed by atoms with Crippen LogP contribution in [0.1, 0.15) is 62.8 Å². The van der Waals surface area contributed by atoms with Gasteiger partial charge < -0.3 is 4.74 Å². The summed E-state index contributed by atoms with van der Waals surface area (Å²) in [5.74, 6) is 0.167. The van der Waals surface area contributed by atoms with Crippen molar-refractivity contribution in [2.45, 2.75) is 66.9 Å². The lowest BCUT2D eigenvalue weighted by Crippen LogP contribution is -2.27. The summed E-state index contributed by atoms with van der Waals surface area (Å²) in [4.78, 5) is 18.7. The van der Waals surface area contributed by atoms with Crippen LogP contribution in [-0.4, -0.2) is 38.7 Å². The molecule has 0 spiro atoms. The maximum Gasteiger partial charge on any atom is 0.420 e. The van der Waals surface area contributed by atoms with Crippen LogP contribution in [0.15, 0.2) is 12.5 Å². The highest BCUT2D eigenvalue weighted by molar-refractivity contribution is 7.26. The number of carbonyl (C=O) groups excluding carboxylic acids is 1. The summed E-state index contributed by atoms with van der Waals surface area (Å²) in [5.41, 5.74) is 6.14. The number of nitrogens with zero attached hydrogens (tertiary/aromatic N) is 4. The zero-order chi connectivity index (χ0) is 22.8. The highest BCUT2D eigenvalue weighted by atomic mass is 32.1. The summed E-state index contributed by atoms with van der Waals surface area (Å²) < 4.78 is 10.0. The van der Waals surface area contributed by atoms with Gasteiger partial charge in [0.05, 0.1) is 5.69 Å². The van der Waals surface area contributed by atoms with E-state index in [9.17, 15) is 4.79 Å². The molecule has 4 rings (SSSR count). The molecule has 0 aliphatic carbocycles. The van der Waals surface area contributed by atoms with Gasteiger partial charge in [-0.05, 0) is 74.5 Å². The van der Waals surface area contributed by atoms with Gasteiger partial charge >= 0.3 is 6.09 Å². The van der Waals surface area contributed by atoms with Crippen LogP contribution in [0.2, 0.25) is 0 Å². The van der Waals surface area contributed by atoms with E-state index < -0.39 is 11.7 Å². The van der Waals surface area contributed by atoms with Gasteiger partial charge in [-0.2, -0.15) is 5.10 Å². The Morgan fingerprint density at radius 3 is 2.45 bits per heavy atom. The van der Waals surface area contributed by atoms with Crippen molar-refractivity contribution in [3.63, 3.8) is 0 Å². The minimum atomic E-state index is -0.623. The summed E-state index contributed by atoms with van der Waals surface area (Å²) >= 11 is 1.43. The maximum absolute atomic E-state index is 13.5. The quantitative estimate of drug-likeness (QED) is 0.415. The van der Waals surface area contributed by atoms with E-state index in [1.165, 1.54) is 11.3 Å². The largest absolute Gasteiger partial charge is 0.443 e. The number of fused-ring (bicyclic) bond motifs is 2. The number of hydrogen-bond donors (Lipinski definition) is 0. The maximum atomic E-state index is 13.5. The van der Waals surface area contributed by atoms with Crippen molar-refractivity contribution in [1.82, 2.24) is 19.2 Å². The number of hydrogen-bond acceptors (Lipinski definition) is 5. The molecule has 4 aromatic heterocycles. The van der Waals surface area contributed by atoms with Crippen LogP contribution in [-0.2, 0) is 4.74 Å². The minimum absolute atomic E-state index is 0.167. The third-order valence-corrected chi connectivity index (χ3v) is 6.76. The first-order valence-corrected chi connectivity index (χ1v) is 11.2. The molecule has 0 atom stereocenters. The summed E-state index contributed by atoms with van der Waals surface area (Å²) in [5, 5.41) is 5.39. The van der Waals surface area contributed by atoms with Crippen molar-refractivity contribution in [3.8, 4) is 11.3 Å². The van der Waals surface area contributed by atoms with E-state index in [0.717, 1.165) is 54.2 Å². The normalized spacial score (nSPS) is 12.4. The molecule has 0 unspecified atom stereocenters. The Bertz CT molecular complexity index is 1340. The van der Waals surface area contributed by atoms with Gasteiger partial charge in [-0.25, -0.2) is 18.9 Å². The molecule has 0 bridgehead atoms. The third kappa shape index (κ3) is 3.37. The molecule has 0 N–H and O–H groups in total. The first kappa shape index (κ1) is 21.6. The third-order valence-electron chi connectivity index (χ3n) is 5.65. The number of aryl methyl sites for hydroxylation is 2. The van der Waals surface area contributed by atoms with Crippen molar-refractivity contribution < 1.29 is 9.53 Å². The second-order valence-corrected chi connectivity index (χ2v) is 10.4. The summed E-state index contributed by atoms with van der Waals surface area (Å²) in [6.07, 6.45) is 3.09. The van der Waals surface area contributed by atoms with Crippen molar-refractivity contribution >= 4 is 45.9 Å². The molecule has 4 aromatic rings. The molecule has 0 aliphatic rings. The molecule has 8 heteroatoms. The Hall–Kier alpha value is -2.61. The van der Waals surface area contributed by atoms with Crippen LogP contribution in [0.4, 0.5) is 4.79 Å². The molecule has 4 heterocycles. The van der Waals surface area contributed by atoms with E-state index in [2.05, 4.69) is 30.9 Å². The molecule has 0 saturated heterocycles. The van der Waals surface area contributed by atoms with Gasteiger partial charge in [-0.3, -0.25) is 0 Å². The van der Waals surface area contributed by atoms with Crippen molar-refractivity contribution in [3.05, 3.63) is 34.8 Å². The summed E-state index contributed by atoms with van der Waals surface area (Å²) in [6.45, 7) is 16.0. The van der Waals surface area contributed by atoms with Gasteiger partial charge in [0.2, 0.25) is 0 Å². The molecule has 6 nitrogen and oxygen atoms in total. The van der Waals surface area contributed by atoms with Gasteiger partial charge in [-0.15, -0.1) is 11.3 Å². The van der Waals surface area contributed by atoms with Crippen LogP contribution in [0.25, 0.3) is 27.1 Å². The molecule has 0 aliphatic heterocycles. The lowest BCUT2D eigenvalue weighted by molar-refractivity contribution is 0.0547. The van der Waals surface area contributed by atoms with Crippen molar-refractivity contribution in [2.75, 3.05) is 0 Å². The van der Waals surface area contributed by atoms with Gasteiger partial charge in [0.15, 0.2) is 5.65 Å². The summed E-state index contributed by atoms with van der Waals surface area (Å²) in [6, 6.07) is 0. The second kappa shape index (κ2) is 7.23. The van der Waals surface area contributed by atoms with Gasteiger partial charge in [0, 0.05) is 17.1 Å². The Morgan fingerprint density at radius 1 is 1.16 bits per heavy atom. The van der Waals surface area contributed by atoms with Crippen molar-refractivity contribution in [1.29, 1.82) is 0 Å². The van der Waals surface area contributed by atoms with Crippen molar-refractivity contribution in [2.24, 2.45) is 0 Å². The van der Waals surface area contributed by atoms with Crippen LogP contribution in [0.3, 0.4) is 0 Å². The number of carbonyl (C=O) groups is 1. The fourth-order valence-corrected chi connectivity index (χ4v) is 5.17. The lowest BCUT2D eigenvalue weighted by atomic mass is 9.91. The number of thiophene rings is 1. The predicted octanol–water partition coefficient (Wildman–Crippen LogP) is 5.04. The number of pyridine rings is 1.